The maximum Gasteiger partial charge on any atom is 0.246 e. The van der Waals surface area contributed by atoms with Gasteiger partial charge in [-0.2, -0.15) is 9.40 Å². The molecule has 0 amide bonds. The fraction of sp³-hybridized carbons (Fsp3) is 0.750. The average molecular weight is 286 g/mol. The van der Waals surface area contributed by atoms with E-state index in [0.717, 1.165) is 12.8 Å². The van der Waals surface area contributed by atoms with Crippen LogP contribution in [0.25, 0.3) is 0 Å². The highest BCUT2D eigenvalue weighted by Crippen LogP contribution is 2.27. The Morgan fingerprint density at radius 3 is 2.84 bits per heavy atom. The molecule has 2 N–H and O–H groups in total. The molecule has 1 fully saturated rings. The number of sulfonamides is 1. The summed E-state index contributed by atoms with van der Waals surface area (Å²) in [5.41, 5.74) is 5.44. The maximum atomic E-state index is 12.6. The molecule has 0 aliphatic carbocycles. The van der Waals surface area contributed by atoms with E-state index in [1.165, 1.54) is 6.20 Å². The van der Waals surface area contributed by atoms with Crippen LogP contribution < -0.4 is 5.73 Å². The van der Waals surface area contributed by atoms with Gasteiger partial charge in [0.15, 0.2) is 0 Å². The summed E-state index contributed by atoms with van der Waals surface area (Å²) in [6.45, 7) is 5.70. The molecule has 0 spiro atoms. The van der Waals surface area contributed by atoms with E-state index in [-0.39, 0.29) is 10.9 Å². The minimum absolute atomic E-state index is 0.0478. The first-order valence-electron chi connectivity index (χ1n) is 6.69. The van der Waals surface area contributed by atoms with Gasteiger partial charge in [0.2, 0.25) is 10.0 Å². The molecule has 108 valence electrons. The summed E-state index contributed by atoms with van der Waals surface area (Å²) in [4.78, 5) is 0.266. The van der Waals surface area contributed by atoms with Crippen molar-refractivity contribution in [2.24, 2.45) is 11.7 Å². The smallest absolute Gasteiger partial charge is 0.246 e. The Labute approximate surface area is 114 Å². The molecule has 0 aromatic carbocycles. The van der Waals surface area contributed by atoms with Gasteiger partial charge in [0.1, 0.15) is 4.90 Å². The lowest BCUT2D eigenvalue weighted by atomic mass is 9.95. The lowest BCUT2D eigenvalue weighted by molar-refractivity contribution is 0.220. The highest BCUT2D eigenvalue weighted by molar-refractivity contribution is 7.89. The van der Waals surface area contributed by atoms with E-state index in [0.29, 0.717) is 25.6 Å². The maximum absolute atomic E-state index is 12.6. The first kappa shape index (κ1) is 14.5. The molecule has 0 saturated carbocycles. The van der Waals surface area contributed by atoms with Crippen molar-refractivity contribution in [2.75, 3.05) is 13.1 Å². The van der Waals surface area contributed by atoms with E-state index < -0.39 is 10.0 Å². The van der Waals surface area contributed by atoms with Gasteiger partial charge in [-0.25, -0.2) is 8.42 Å². The molecule has 19 heavy (non-hydrogen) atoms. The van der Waals surface area contributed by atoms with Crippen molar-refractivity contribution in [3.63, 3.8) is 0 Å². The highest BCUT2D eigenvalue weighted by Gasteiger charge is 2.33. The lowest BCUT2D eigenvalue weighted by Crippen LogP contribution is -2.43. The van der Waals surface area contributed by atoms with Crippen molar-refractivity contribution < 1.29 is 8.42 Å². The fourth-order valence-electron chi connectivity index (χ4n) is 2.61. The zero-order chi connectivity index (χ0) is 14.0. The van der Waals surface area contributed by atoms with Crippen LogP contribution in [0, 0.1) is 5.92 Å². The normalized spacial score (nSPS) is 25.6. The molecule has 2 unspecified atom stereocenters. The number of hydrogen-bond donors (Lipinski definition) is 1. The predicted molar refractivity (Wildman–Crippen MR) is 73.0 cm³/mol. The van der Waals surface area contributed by atoms with E-state index in [1.54, 1.807) is 15.2 Å². The van der Waals surface area contributed by atoms with Crippen LogP contribution in [-0.2, 0) is 16.6 Å². The van der Waals surface area contributed by atoms with Crippen LogP contribution in [0.5, 0.6) is 0 Å². The molecule has 6 nitrogen and oxygen atoms in total. The zero-order valence-electron chi connectivity index (χ0n) is 11.5. The SMILES string of the molecule is CC1CCN(S(=O)(=O)c2cnn(CCN)c2)C(C)C1. The van der Waals surface area contributed by atoms with Crippen LogP contribution in [0.1, 0.15) is 26.7 Å². The molecule has 1 aromatic heterocycles. The summed E-state index contributed by atoms with van der Waals surface area (Å²) in [5.74, 6) is 0.585. The third-order valence-corrected chi connectivity index (χ3v) is 5.62. The standard InChI is InChI=1S/C12H22N4O2S/c1-10-3-5-16(11(2)7-10)19(17,18)12-8-14-15(9-12)6-4-13/h8-11H,3-7,13H2,1-2H3. The Kier molecular flexibility index (Phi) is 4.27. The van der Waals surface area contributed by atoms with Crippen molar-refractivity contribution in [3.8, 4) is 0 Å². The van der Waals surface area contributed by atoms with Gasteiger partial charge in [-0.15, -0.1) is 0 Å². The molecule has 2 atom stereocenters. The highest BCUT2D eigenvalue weighted by atomic mass is 32.2. The summed E-state index contributed by atoms with van der Waals surface area (Å²) in [6, 6.07) is 0.0478. The van der Waals surface area contributed by atoms with E-state index >= 15 is 0 Å². The molecule has 0 radical (unpaired) electrons. The summed E-state index contributed by atoms with van der Waals surface area (Å²) in [5, 5.41) is 4.04. The van der Waals surface area contributed by atoms with Crippen molar-refractivity contribution in [1.29, 1.82) is 0 Å². The molecule has 1 aliphatic rings. The van der Waals surface area contributed by atoms with Gasteiger partial charge >= 0.3 is 0 Å². The Bertz CT molecular complexity index is 526. The average Bonchev–Trinajstić information content (AvgIpc) is 2.78. The van der Waals surface area contributed by atoms with Gasteiger partial charge in [-0.05, 0) is 25.7 Å². The molecular formula is C12H22N4O2S. The molecule has 1 aromatic rings. The van der Waals surface area contributed by atoms with Crippen LogP contribution in [0.2, 0.25) is 0 Å². The fourth-order valence-corrected chi connectivity index (χ4v) is 4.22. The van der Waals surface area contributed by atoms with E-state index in [9.17, 15) is 8.42 Å². The van der Waals surface area contributed by atoms with Gasteiger partial charge in [0, 0.05) is 25.3 Å². The third-order valence-electron chi connectivity index (χ3n) is 3.65. The van der Waals surface area contributed by atoms with Crippen molar-refractivity contribution in [1.82, 2.24) is 14.1 Å². The molecule has 2 heterocycles. The number of rotatable bonds is 4. The topological polar surface area (TPSA) is 81.2 Å². The van der Waals surface area contributed by atoms with Gasteiger partial charge < -0.3 is 5.73 Å². The van der Waals surface area contributed by atoms with Gasteiger partial charge in [-0.1, -0.05) is 6.92 Å². The first-order valence-corrected chi connectivity index (χ1v) is 8.13. The quantitative estimate of drug-likeness (QED) is 0.881. The Balaban J connectivity index is 2.21. The molecule has 2 rings (SSSR count). The number of hydrogen-bond acceptors (Lipinski definition) is 4. The second-order valence-corrected chi connectivity index (χ2v) is 7.21. The zero-order valence-corrected chi connectivity index (χ0v) is 12.3. The van der Waals surface area contributed by atoms with E-state index in [2.05, 4.69) is 12.0 Å². The summed E-state index contributed by atoms with van der Waals surface area (Å²) < 4.78 is 28.3. The summed E-state index contributed by atoms with van der Waals surface area (Å²) in [6.07, 6.45) is 4.80. The lowest BCUT2D eigenvalue weighted by Gasteiger charge is -2.35. The van der Waals surface area contributed by atoms with Gasteiger partial charge in [0.25, 0.3) is 0 Å². The molecular weight excluding hydrogens is 264 g/mol. The van der Waals surface area contributed by atoms with Crippen LogP contribution in [0.4, 0.5) is 0 Å². The van der Waals surface area contributed by atoms with Crippen LogP contribution in [0.3, 0.4) is 0 Å². The van der Waals surface area contributed by atoms with E-state index in [1.807, 2.05) is 6.92 Å². The Morgan fingerprint density at radius 1 is 1.47 bits per heavy atom. The molecule has 1 saturated heterocycles. The van der Waals surface area contributed by atoms with Crippen molar-refractivity contribution >= 4 is 10.0 Å². The second kappa shape index (κ2) is 5.60. The van der Waals surface area contributed by atoms with E-state index in [4.69, 9.17) is 5.73 Å². The Morgan fingerprint density at radius 2 is 2.21 bits per heavy atom. The van der Waals surface area contributed by atoms with Crippen LogP contribution in [-0.4, -0.2) is 41.6 Å². The number of nitrogens with zero attached hydrogens (tertiary/aromatic N) is 3. The first-order chi connectivity index (χ1) is 8.95. The third kappa shape index (κ3) is 2.98. The van der Waals surface area contributed by atoms with Crippen molar-refractivity contribution in [2.45, 2.75) is 44.2 Å². The molecule has 1 aliphatic heterocycles. The van der Waals surface area contributed by atoms with Gasteiger partial charge in [-0.3, -0.25) is 4.68 Å². The van der Waals surface area contributed by atoms with Crippen LogP contribution >= 0.6 is 0 Å². The van der Waals surface area contributed by atoms with Gasteiger partial charge in [0.05, 0.1) is 12.7 Å². The predicted octanol–water partition coefficient (Wildman–Crippen LogP) is 0.651. The molecule has 7 heteroatoms. The summed E-state index contributed by atoms with van der Waals surface area (Å²) in [7, 11) is -3.42. The number of piperidine rings is 1. The number of nitrogens with two attached hydrogens (primary N) is 1. The van der Waals surface area contributed by atoms with Crippen molar-refractivity contribution in [3.05, 3.63) is 12.4 Å². The largest absolute Gasteiger partial charge is 0.329 e. The monoisotopic (exact) mass is 286 g/mol. The second-order valence-electron chi connectivity index (χ2n) is 5.32. The molecule has 0 bridgehead atoms. The Hall–Kier alpha value is -0.920. The van der Waals surface area contributed by atoms with Crippen LogP contribution in [0.15, 0.2) is 17.3 Å². The summed E-state index contributed by atoms with van der Waals surface area (Å²) >= 11 is 0. The number of aromatic nitrogens is 2. The minimum atomic E-state index is -3.42. The minimum Gasteiger partial charge on any atom is -0.329 e.